The van der Waals surface area contributed by atoms with E-state index in [0.717, 1.165) is 5.56 Å². The lowest BCUT2D eigenvalue weighted by Gasteiger charge is -2.23. The van der Waals surface area contributed by atoms with Crippen LogP contribution in [0.2, 0.25) is 0 Å². The fraction of sp³-hybridized carbons (Fsp3) is 0.450. The molecule has 0 fully saturated rings. The highest BCUT2D eigenvalue weighted by Crippen LogP contribution is 2.08. The molecule has 1 rings (SSSR count). The van der Waals surface area contributed by atoms with Crippen molar-refractivity contribution in [3.05, 3.63) is 48.6 Å². The molecule has 0 bridgehead atoms. The Balaban J connectivity index is 2.57. The van der Waals surface area contributed by atoms with E-state index in [4.69, 9.17) is 9.47 Å². The van der Waals surface area contributed by atoms with Crippen LogP contribution in [0.3, 0.4) is 0 Å². The minimum atomic E-state index is -0.829. The lowest BCUT2D eigenvalue weighted by atomic mass is 10.2. The number of amides is 3. The monoisotopic (exact) mass is 423 g/mol. The molecule has 0 radical (unpaired) electrons. The summed E-state index contributed by atoms with van der Waals surface area (Å²) in [5.41, 5.74) is 0.259. The van der Waals surface area contributed by atoms with Crippen molar-refractivity contribution < 1.29 is 23.9 Å². The van der Waals surface area contributed by atoms with Gasteiger partial charge in [0.15, 0.2) is 0 Å². The summed E-state index contributed by atoms with van der Waals surface area (Å²) in [4.78, 5) is 36.1. The average molecular weight is 424 g/mol. The number of alkyl carbamates (subject to hydrolysis) is 2. The molecule has 0 spiro atoms. The third kappa shape index (κ3) is 11.7. The Labute approximate surface area is 175 Å². The van der Waals surface area contributed by atoms with Crippen LogP contribution >= 0.6 is 11.8 Å². The number of carbonyl (C=O) groups excluding carboxylic acids is 3. The van der Waals surface area contributed by atoms with Crippen molar-refractivity contribution in [1.82, 2.24) is 16.0 Å². The van der Waals surface area contributed by atoms with Gasteiger partial charge >= 0.3 is 12.2 Å². The van der Waals surface area contributed by atoms with Crippen LogP contribution in [0.4, 0.5) is 9.59 Å². The standard InChI is InChI=1S/C20H29N3O5S/c1-5-11-27-18(25)22-14-29-13-16(23-19(26)28-20(2,3)4)17(24)21-12-15-9-7-6-8-10-15/h5-10,16H,1,11-14H2,2-4H3,(H,21,24)(H,22,25)(H,23,26)/t16-/m0/s1. The lowest BCUT2D eigenvalue weighted by Crippen LogP contribution is -2.49. The van der Waals surface area contributed by atoms with Gasteiger partial charge in [0.25, 0.3) is 0 Å². The molecule has 8 nitrogen and oxygen atoms in total. The van der Waals surface area contributed by atoms with Crippen LogP contribution in [0.25, 0.3) is 0 Å². The second-order valence-corrected chi connectivity index (χ2v) is 8.01. The molecule has 0 saturated carbocycles. The number of carbonyl (C=O) groups is 3. The summed E-state index contributed by atoms with van der Waals surface area (Å²) in [6, 6.07) is 8.61. The Kier molecular flexibility index (Phi) is 10.7. The Morgan fingerprint density at radius 1 is 1.14 bits per heavy atom. The fourth-order valence-corrected chi connectivity index (χ4v) is 2.82. The molecule has 3 amide bonds. The Hall–Kier alpha value is -2.68. The summed E-state index contributed by atoms with van der Waals surface area (Å²) in [7, 11) is 0. The van der Waals surface area contributed by atoms with E-state index in [1.165, 1.54) is 17.8 Å². The van der Waals surface area contributed by atoms with Gasteiger partial charge in [-0.25, -0.2) is 9.59 Å². The molecule has 1 aromatic rings. The van der Waals surface area contributed by atoms with Crippen LogP contribution in [0.1, 0.15) is 26.3 Å². The van der Waals surface area contributed by atoms with Crippen LogP contribution in [-0.4, -0.2) is 48.0 Å². The molecule has 3 N–H and O–H groups in total. The van der Waals surface area contributed by atoms with E-state index >= 15 is 0 Å². The Morgan fingerprint density at radius 2 is 1.83 bits per heavy atom. The highest BCUT2D eigenvalue weighted by atomic mass is 32.2. The van der Waals surface area contributed by atoms with Crippen LogP contribution in [0.5, 0.6) is 0 Å². The third-order valence-electron chi connectivity index (χ3n) is 3.25. The Bertz CT molecular complexity index is 676. The van der Waals surface area contributed by atoms with Gasteiger partial charge in [-0.1, -0.05) is 43.0 Å². The summed E-state index contributed by atoms with van der Waals surface area (Å²) in [6.07, 6.45) is 0.198. The molecule has 29 heavy (non-hydrogen) atoms. The van der Waals surface area contributed by atoms with Crippen LogP contribution in [0, 0.1) is 0 Å². The van der Waals surface area contributed by atoms with E-state index in [0.29, 0.717) is 6.54 Å². The van der Waals surface area contributed by atoms with E-state index in [1.807, 2.05) is 30.3 Å². The molecular weight excluding hydrogens is 394 g/mol. The molecule has 0 aliphatic carbocycles. The molecule has 1 aromatic carbocycles. The van der Waals surface area contributed by atoms with Crippen molar-refractivity contribution in [1.29, 1.82) is 0 Å². The predicted molar refractivity (Wildman–Crippen MR) is 113 cm³/mol. The van der Waals surface area contributed by atoms with Crippen molar-refractivity contribution >= 4 is 29.9 Å². The zero-order chi connectivity index (χ0) is 21.7. The summed E-state index contributed by atoms with van der Waals surface area (Å²) in [6.45, 7) is 9.13. The van der Waals surface area contributed by atoms with Crippen molar-refractivity contribution in [2.24, 2.45) is 0 Å². The first-order chi connectivity index (χ1) is 13.7. The first-order valence-corrected chi connectivity index (χ1v) is 10.3. The van der Waals surface area contributed by atoms with Gasteiger partial charge in [-0.15, -0.1) is 11.8 Å². The summed E-state index contributed by atoms with van der Waals surface area (Å²) >= 11 is 1.26. The van der Waals surface area contributed by atoms with Gasteiger partial charge in [-0.2, -0.15) is 0 Å². The number of hydrogen-bond acceptors (Lipinski definition) is 6. The van der Waals surface area contributed by atoms with Crippen LogP contribution in [0.15, 0.2) is 43.0 Å². The summed E-state index contributed by atoms with van der Waals surface area (Å²) in [5, 5.41) is 7.92. The SMILES string of the molecule is C=CCOC(=O)NCSC[C@H](NC(=O)OC(C)(C)C)C(=O)NCc1ccccc1. The molecular formula is C20H29N3O5S. The maximum Gasteiger partial charge on any atom is 0.408 e. The highest BCUT2D eigenvalue weighted by molar-refractivity contribution is 7.99. The number of rotatable bonds is 10. The first kappa shape index (κ1) is 24.4. The lowest BCUT2D eigenvalue weighted by molar-refractivity contribution is -0.122. The van der Waals surface area contributed by atoms with E-state index in [-0.39, 0.29) is 24.1 Å². The number of hydrogen-bond donors (Lipinski definition) is 3. The Morgan fingerprint density at radius 3 is 2.45 bits per heavy atom. The second-order valence-electron chi connectivity index (χ2n) is 6.98. The van der Waals surface area contributed by atoms with Crippen LogP contribution in [-0.2, 0) is 20.8 Å². The van der Waals surface area contributed by atoms with Crippen LogP contribution < -0.4 is 16.0 Å². The van der Waals surface area contributed by atoms with Crippen molar-refractivity contribution in [2.45, 2.75) is 39.0 Å². The quantitative estimate of drug-likeness (QED) is 0.304. The minimum Gasteiger partial charge on any atom is -0.445 e. The van der Waals surface area contributed by atoms with Gasteiger partial charge in [-0.05, 0) is 26.3 Å². The number of nitrogens with one attached hydrogen (secondary N) is 3. The molecule has 160 valence electrons. The van der Waals surface area contributed by atoms with E-state index in [1.54, 1.807) is 20.8 Å². The van der Waals surface area contributed by atoms with Crippen molar-refractivity contribution in [3.63, 3.8) is 0 Å². The topological polar surface area (TPSA) is 106 Å². The predicted octanol–water partition coefficient (Wildman–Crippen LogP) is 2.80. The zero-order valence-corrected chi connectivity index (χ0v) is 17.8. The maximum atomic E-state index is 12.6. The third-order valence-corrected chi connectivity index (χ3v) is 4.17. The molecule has 0 heterocycles. The van der Waals surface area contributed by atoms with Crippen molar-refractivity contribution in [2.75, 3.05) is 18.2 Å². The van der Waals surface area contributed by atoms with Gasteiger partial charge in [0.05, 0.1) is 5.88 Å². The molecule has 0 aromatic heterocycles. The zero-order valence-electron chi connectivity index (χ0n) is 17.0. The van der Waals surface area contributed by atoms with E-state index < -0.39 is 23.8 Å². The summed E-state index contributed by atoms with van der Waals surface area (Å²) < 4.78 is 10.0. The highest BCUT2D eigenvalue weighted by Gasteiger charge is 2.24. The summed E-state index contributed by atoms with van der Waals surface area (Å²) in [5.74, 6) is 0.109. The number of thioether (sulfide) groups is 1. The smallest absolute Gasteiger partial charge is 0.408 e. The fourth-order valence-electron chi connectivity index (χ4n) is 2.01. The van der Waals surface area contributed by atoms with E-state index in [9.17, 15) is 14.4 Å². The molecule has 0 aliphatic rings. The normalized spacial score (nSPS) is 11.7. The molecule has 0 aliphatic heterocycles. The molecule has 9 heteroatoms. The maximum absolute atomic E-state index is 12.6. The van der Waals surface area contributed by atoms with Crippen molar-refractivity contribution in [3.8, 4) is 0 Å². The van der Waals surface area contributed by atoms with Gasteiger partial charge in [0.1, 0.15) is 18.2 Å². The first-order valence-electron chi connectivity index (χ1n) is 9.11. The number of benzene rings is 1. The van der Waals surface area contributed by atoms with Gasteiger partial charge in [0, 0.05) is 12.3 Å². The van der Waals surface area contributed by atoms with Gasteiger partial charge in [-0.3, -0.25) is 4.79 Å². The molecule has 0 saturated heterocycles. The van der Waals surface area contributed by atoms with E-state index in [2.05, 4.69) is 22.5 Å². The number of ether oxygens (including phenoxy) is 2. The molecule has 0 unspecified atom stereocenters. The molecule has 1 atom stereocenters. The average Bonchev–Trinajstić information content (AvgIpc) is 2.66. The second kappa shape index (κ2) is 12.7. The van der Waals surface area contributed by atoms with Gasteiger partial charge in [0.2, 0.25) is 5.91 Å². The minimum absolute atomic E-state index is 0.112. The van der Waals surface area contributed by atoms with Gasteiger partial charge < -0.3 is 25.4 Å². The largest absolute Gasteiger partial charge is 0.445 e.